The van der Waals surface area contributed by atoms with Crippen molar-refractivity contribution in [1.82, 2.24) is 5.32 Å². The molecule has 0 amide bonds. The van der Waals surface area contributed by atoms with Gasteiger partial charge in [0.05, 0.1) is 6.10 Å². The molecular weight excluding hydrogens is 178 g/mol. The van der Waals surface area contributed by atoms with Gasteiger partial charge in [-0.2, -0.15) is 0 Å². The van der Waals surface area contributed by atoms with E-state index in [-0.39, 0.29) is 11.5 Å². The summed E-state index contributed by atoms with van der Waals surface area (Å²) in [6, 6.07) is 0. The number of aliphatic hydroxyl groups excluding tert-OH is 1. The zero-order valence-corrected chi connectivity index (χ0v) is 9.97. The summed E-state index contributed by atoms with van der Waals surface area (Å²) in [6.45, 7) is 8.93. The Bertz CT molecular complexity index is 135. The first-order chi connectivity index (χ1) is 6.48. The maximum atomic E-state index is 9.06. The number of aliphatic hydroxyl groups is 1. The topological polar surface area (TPSA) is 41.5 Å². The SMILES string of the molecule is COCCC(C)(C)CNCCC(C)O. The van der Waals surface area contributed by atoms with Crippen LogP contribution >= 0.6 is 0 Å². The lowest BCUT2D eigenvalue weighted by Crippen LogP contribution is -2.32. The molecule has 0 aliphatic carbocycles. The smallest absolute Gasteiger partial charge is 0.0524 e. The molecule has 0 bridgehead atoms. The van der Waals surface area contributed by atoms with Gasteiger partial charge in [0.2, 0.25) is 0 Å². The molecule has 0 radical (unpaired) electrons. The highest BCUT2D eigenvalue weighted by Gasteiger charge is 2.16. The molecule has 0 saturated heterocycles. The molecule has 0 aliphatic rings. The molecule has 0 aromatic heterocycles. The van der Waals surface area contributed by atoms with E-state index in [9.17, 15) is 0 Å². The van der Waals surface area contributed by atoms with E-state index in [0.29, 0.717) is 0 Å². The van der Waals surface area contributed by atoms with Crippen molar-refractivity contribution in [3.8, 4) is 0 Å². The van der Waals surface area contributed by atoms with Gasteiger partial charge in [-0.1, -0.05) is 13.8 Å². The zero-order chi connectivity index (χ0) is 11.0. The third kappa shape index (κ3) is 8.48. The van der Waals surface area contributed by atoms with Crippen LogP contribution < -0.4 is 5.32 Å². The molecule has 0 aromatic carbocycles. The Kier molecular flexibility index (Phi) is 7.15. The second-order valence-electron chi connectivity index (χ2n) is 4.72. The van der Waals surface area contributed by atoms with Crippen molar-refractivity contribution in [3.63, 3.8) is 0 Å². The van der Waals surface area contributed by atoms with E-state index >= 15 is 0 Å². The average Bonchev–Trinajstić information content (AvgIpc) is 2.09. The van der Waals surface area contributed by atoms with Gasteiger partial charge < -0.3 is 15.2 Å². The second-order valence-corrected chi connectivity index (χ2v) is 4.72. The van der Waals surface area contributed by atoms with Crippen molar-refractivity contribution in [2.45, 2.75) is 39.7 Å². The molecule has 0 spiro atoms. The number of hydrogen-bond donors (Lipinski definition) is 2. The van der Waals surface area contributed by atoms with Crippen LogP contribution in [0.1, 0.15) is 33.6 Å². The van der Waals surface area contributed by atoms with Gasteiger partial charge in [0.1, 0.15) is 0 Å². The van der Waals surface area contributed by atoms with Gasteiger partial charge in [-0.15, -0.1) is 0 Å². The molecular formula is C11H25NO2. The first kappa shape index (κ1) is 13.9. The summed E-state index contributed by atoms with van der Waals surface area (Å²) in [4.78, 5) is 0. The van der Waals surface area contributed by atoms with E-state index in [1.54, 1.807) is 7.11 Å². The summed E-state index contributed by atoms with van der Waals surface area (Å²) >= 11 is 0. The van der Waals surface area contributed by atoms with Gasteiger partial charge in [-0.05, 0) is 31.7 Å². The summed E-state index contributed by atoms with van der Waals surface area (Å²) in [5.41, 5.74) is 0.273. The number of ether oxygens (including phenoxy) is 1. The summed E-state index contributed by atoms with van der Waals surface area (Å²) < 4.78 is 5.05. The monoisotopic (exact) mass is 203 g/mol. The fraction of sp³-hybridized carbons (Fsp3) is 1.00. The molecule has 0 aromatic rings. The molecule has 1 atom stereocenters. The Morgan fingerprint density at radius 2 is 2.07 bits per heavy atom. The molecule has 14 heavy (non-hydrogen) atoms. The fourth-order valence-corrected chi connectivity index (χ4v) is 1.20. The number of hydrogen-bond acceptors (Lipinski definition) is 3. The molecule has 0 fully saturated rings. The Morgan fingerprint density at radius 1 is 1.43 bits per heavy atom. The predicted octanol–water partition coefficient (Wildman–Crippen LogP) is 1.41. The third-order valence-electron chi connectivity index (χ3n) is 2.33. The second kappa shape index (κ2) is 7.21. The van der Waals surface area contributed by atoms with Crippen LogP contribution in [0.25, 0.3) is 0 Å². The van der Waals surface area contributed by atoms with Gasteiger partial charge in [-0.3, -0.25) is 0 Å². The zero-order valence-electron chi connectivity index (χ0n) is 9.97. The van der Waals surface area contributed by atoms with Crippen LogP contribution in [0.15, 0.2) is 0 Å². The van der Waals surface area contributed by atoms with Crippen molar-refractivity contribution in [2.24, 2.45) is 5.41 Å². The first-order valence-corrected chi connectivity index (χ1v) is 5.35. The number of methoxy groups -OCH3 is 1. The van der Waals surface area contributed by atoms with Gasteiger partial charge in [0.15, 0.2) is 0 Å². The van der Waals surface area contributed by atoms with E-state index < -0.39 is 0 Å². The summed E-state index contributed by atoms with van der Waals surface area (Å²) in [7, 11) is 1.73. The van der Waals surface area contributed by atoms with Crippen molar-refractivity contribution in [2.75, 3.05) is 26.8 Å². The molecule has 86 valence electrons. The minimum atomic E-state index is -0.204. The molecule has 0 saturated carbocycles. The molecule has 0 aliphatic heterocycles. The van der Waals surface area contributed by atoms with Gasteiger partial charge >= 0.3 is 0 Å². The minimum Gasteiger partial charge on any atom is -0.393 e. The van der Waals surface area contributed by atoms with Crippen LogP contribution in [-0.2, 0) is 4.74 Å². The lowest BCUT2D eigenvalue weighted by Gasteiger charge is -2.24. The van der Waals surface area contributed by atoms with E-state index in [2.05, 4.69) is 19.2 Å². The lowest BCUT2D eigenvalue weighted by molar-refractivity contribution is 0.148. The van der Waals surface area contributed by atoms with Crippen LogP contribution in [0.4, 0.5) is 0 Å². The Labute approximate surface area is 87.8 Å². The van der Waals surface area contributed by atoms with E-state index in [0.717, 1.165) is 32.5 Å². The number of rotatable bonds is 8. The Hall–Kier alpha value is -0.120. The quantitative estimate of drug-likeness (QED) is 0.586. The van der Waals surface area contributed by atoms with E-state index in [1.807, 2.05) is 6.92 Å². The first-order valence-electron chi connectivity index (χ1n) is 5.35. The summed E-state index contributed by atoms with van der Waals surface area (Å²) in [6.07, 6.45) is 1.68. The number of nitrogens with one attached hydrogen (secondary N) is 1. The summed E-state index contributed by atoms with van der Waals surface area (Å²) in [5, 5.41) is 12.4. The highest BCUT2D eigenvalue weighted by molar-refractivity contribution is 4.71. The highest BCUT2D eigenvalue weighted by atomic mass is 16.5. The molecule has 0 heterocycles. The molecule has 2 N–H and O–H groups in total. The molecule has 3 heteroatoms. The maximum absolute atomic E-state index is 9.06. The average molecular weight is 203 g/mol. The fourth-order valence-electron chi connectivity index (χ4n) is 1.20. The van der Waals surface area contributed by atoms with Gasteiger partial charge in [0.25, 0.3) is 0 Å². The molecule has 0 rings (SSSR count). The standard InChI is InChI=1S/C11H25NO2/c1-10(13)5-7-12-9-11(2,3)6-8-14-4/h10,12-13H,5-9H2,1-4H3. The van der Waals surface area contributed by atoms with Crippen LogP contribution in [0, 0.1) is 5.41 Å². The minimum absolute atomic E-state index is 0.204. The van der Waals surface area contributed by atoms with E-state index in [4.69, 9.17) is 9.84 Å². The van der Waals surface area contributed by atoms with Crippen molar-refractivity contribution in [1.29, 1.82) is 0 Å². The Balaban J connectivity index is 3.44. The molecule has 1 unspecified atom stereocenters. The van der Waals surface area contributed by atoms with Crippen molar-refractivity contribution >= 4 is 0 Å². The largest absolute Gasteiger partial charge is 0.393 e. The van der Waals surface area contributed by atoms with Crippen molar-refractivity contribution < 1.29 is 9.84 Å². The highest BCUT2D eigenvalue weighted by Crippen LogP contribution is 2.18. The lowest BCUT2D eigenvalue weighted by atomic mass is 9.90. The van der Waals surface area contributed by atoms with Crippen LogP contribution in [0.2, 0.25) is 0 Å². The van der Waals surface area contributed by atoms with Crippen LogP contribution in [0.3, 0.4) is 0 Å². The summed E-state index contributed by atoms with van der Waals surface area (Å²) in [5.74, 6) is 0. The third-order valence-corrected chi connectivity index (χ3v) is 2.33. The van der Waals surface area contributed by atoms with Crippen molar-refractivity contribution in [3.05, 3.63) is 0 Å². The Morgan fingerprint density at radius 3 is 2.57 bits per heavy atom. The van der Waals surface area contributed by atoms with Crippen LogP contribution in [-0.4, -0.2) is 38.0 Å². The van der Waals surface area contributed by atoms with Gasteiger partial charge in [0, 0.05) is 20.3 Å². The van der Waals surface area contributed by atoms with E-state index in [1.165, 1.54) is 0 Å². The van der Waals surface area contributed by atoms with Gasteiger partial charge in [-0.25, -0.2) is 0 Å². The maximum Gasteiger partial charge on any atom is 0.0524 e. The normalized spacial score (nSPS) is 14.4. The predicted molar refractivity (Wildman–Crippen MR) is 59.4 cm³/mol. The molecule has 3 nitrogen and oxygen atoms in total. The van der Waals surface area contributed by atoms with Crippen LogP contribution in [0.5, 0.6) is 0 Å².